The van der Waals surface area contributed by atoms with E-state index >= 15 is 0 Å². The van der Waals surface area contributed by atoms with Crippen molar-refractivity contribution >= 4 is 5.91 Å². The molecule has 0 aliphatic heterocycles. The highest BCUT2D eigenvalue weighted by atomic mass is 16.2. The van der Waals surface area contributed by atoms with Crippen molar-refractivity contribution in [2.75, 3.05) is 13.1 Å². The molecular formula is C16H26N2O. The van der Waals surface area contributed by atoms with Gasteiger partial charge >= 0.3 is 0 Å². The molecule has 19 heavy (non-hydrogen) atoms. The Morgan fingerprint density at radius 2 is 1.63 bits per heavy atom. The van der Waals surface area contributed by atoms with E-state index in [2.05, 4.69) is 36.6 Å². The van der Waals surface area contributed by atoms with Crippen molar-refractivity contribution in [1.82, 2.24) is 10.6 Å². The molecule has 0 radical (unpaired) electrons. The van der Waals surface area contributed by atoms with E-state index in [0.717, 1.165) is 6.54 Å². The molecule has 0 unspecified atom stereocenters. The summed E-state index contributed by atoms with van der Waals surface area (Å²) in [6, 6.07) is 10.4. The largest absolute Gasteiger partial charge is 0.350 e. The topological polar surface area (TPSA) is 41.1 Å². The molecule has 1 rings (SSSR count). The van der Waals surface area contributed by atoms with Gasteiger partial charge in [0.25, 0.3) is 0 Å². The predicted octanol–water partition coefficient (Wildman–Crippen LogP) is 2.47. The van der Waals surface area contributed by atoms with E-state index in [9.17, 15) is 4.79 Å². The molecule has 1 aromatic rings. The van der Waals surface area contributed by atoms with Crippen molar-refractivity contribution in [1.29, 1.82) is 0 Å². The van der Waals surface area contributed by atoms with Gasteiger partial charge in [0.05, 0.1) is 6.54 Å². The average molecular weight is 262 g/mol. The van der Waals surface area contributed by atoms with Gasteiger partial charge in [-0.2, -0.15) is 0 Å². The van der Waals surface area contributed by atoms with Gasteiger partial charge in [-0.15, -0.1) is 0 Å². The minimum absolute atomic E-state index is 0.0171. The first-order chi connectivity index (χ1) is 8.71. The van der Waals surface area contributed by atoms with Crippen LogP contribution in [0, 0.1) is 0 Å². The SMILES string of the molecule is CC(C)(C)NC(=O)CNCC(C)(C)c1ccccc1. The second kappa shape index (κ2) is 6.20. The first kappa shape index (κ1) is 15.7. The molecule has 3 nitrogen and oxygen atoms in total. The minimum atomic E-state index is -0.173. The van der Waals surface area contributed by atoms with E-state index < -0.39 is 0 Å². The summed E-state index contributed by atoms with van der Waals surface area (Å²) in [6.07, 6.45) is 0. The van der Waals surface area contributed by atoms with Gasteiger partial charge in [0.15, 0.2) is 0 Å². The third-order valence-corrected chi connectivity index (χ3v) is 2.92. The molecule has 0 aromatic heterocycles. The van der Waals surface area contributed by atoms with Crippen molar-refractivity contribution in [2.24, 2.45) is 0 Å². The molecule has 0 aliphatic rings. The summed E-state index contributed by atoms with van der Waals surface area (Å²) in [6.45, 7) is 11.4. The van der Waals surface area contributed by atoms with Crippen LogP contribution >= 0.6 is 0 Å². The number of carbonyl (C=O) groups excluding carboxylic acids is 1. The Kier molecular flexibility index (Phi) is 5.12. The van der Waals surface area contributed by atoms with Crippen LogP contribution in [-0.2, 0) is 10.2 Å². The van der Waals surface area contributed by atoms with Crippen LogP contribution in [0.25, 0.3) is 0 Å². The van der Waals surface area contributed by atoms with Crippen LogP contribution in [0.5, 0.6) is 0 Å². The van der Waals surface area contributed by atoms with Gasteiger partial charge in [-0.3, -0.25) is 4.79 Å². The van der Waals surface area contributed by atoms with Gasteiger partial charge in [-0.05, 0) is 26.3 Å². The molecule has 0 atom stereocenters. The monoisotopic (exact) mass is 262 g/mol. The fraction of sp³-hybridized carbons (Fsp3) is 0.562. The van der Waals surface area contributed by atoms with Gasteiger partial charge in [-0.1, -0.05) is 44.2 Å². The van der Waals surface area contributed by atoms with Crippen LogP contribution in [-0.4, -0.2) is 24.5 Å². The summed E-state index contributed by atoms with van der Waals surface area (Å²) in [4.78, 5) is 11.7. The van der Waals surface area contributed by atoms with E-state index in [4.69, 9.17) is 0 Å². The standard InChI is InChI=1S/C16H26N2O/c1-15(2,3)18-14(19)11-17-12-16(4,5)13-9-7-6-8-10-13/h6-10,17H,11-12H2,1-5H3,(H,18,19). The normalized spacial score (nSPS) is 12.3. The molecule has 0 bridgehead atoms. The van der Waals surface area contributed by atoms with Crippen molar-refractivity contribution in [2.45, 2.75) is 45.6 Å². The second-order valence-corrected chi connectivity index (χ2v) is 6.65. The number of hydrogen-bond acceptors (Lipinski definition) is 2. The Hall–Kier alpha value is -1.35. The first-order valence-electron chi connectivity index (χ1n) is 6.78. The van der Waals surface area contributed by atoms with E-state index in [-0.39, 0.29) is 16.9 Å². The lowest BCUT2D eigenvalue weighted by atomic mass is 9.84. The van der Waals surface area contributed by atoms with Crippen LogP contribution in [0.1, 0.15) is 40.2 Å². The number of nitrogens with one attached hydrogen (secondary N) is 2. The quantitative estimate of drug-likeness (QED) is 0.856. The zero-order valence-electron chi connectivity index (χ0n) is 12.7. The number of amides is 1. The number of carbonyl (C=O) groups is 1. The van der Waals surface area contributed by atoms with Crippen LogP contribution in [0.4, 0.5) is 0 Å². The molecule has 2 N–H and O–H groups in total. The molecule has 0 saturated carbocycles. The zero-order chi connectivity index (χ0) is 14.5. The van der Waals surface area contributed by atoms with E-state index in [1.165, 1.54) is 5.56 Å². The van der Waals surface area contributed by atoms with Crippen LogP contribution < -0.4 is 10.6 Å². The molecule has 1 aromatic carbocycles. The Bertz CT molecular complexity index is 405. The van der Waals surface area contributed by atoms with E-state index in [1.54, 1.807) is 0 Å². The maximum absolute atomic E-state index is 11.7. The van der Waals surface area contributed by atoms with E-state index in [0.29, 0.717) is 6.54 Å². The minimum Gasteiger partial charge on any atom is -0.350 e. The third kappa shape index (κ3) is 5.88. The summed E-state index contributed by atoms with van der Waals surface area (Å²) >= 11 is 0. The van der Waals surface area contributed by atoms with Gasteiger partial charge in [0.2, 0.25) is 5.91 Å². The smallest absolute Gasteiger partial charge is 0.234 e. The number of rotatable bonds is 5. The predicted molar refractivity (Wildman–Crippen MR) is 80.2 cm³/mol. The lowest BCUT2D eigenvalue weighted by Crippen LogP contribution is -2.46. The van der Waals surface area contributed by atoms with Crippen molar-refractivity contribution in [3.8, 4) is 0 Å². The average Bonchev–Trinajstić information content (AvgIpc) is 2.27. The molecule has 106 valence electrons. The molecule has 0 aliphatic carbocycles. The van der Waals surface area contributed by atoms with Crippen LogP contribution in [0.3, 0.4) is 0 Å². The zero-order valence-corrected chi connectivity index (χ0v) is 12.7. The fourth-order valence-electron chi connectivity index (χ4n) is 1.94. The molecule has 3 heteroatoms. The highest BCUT2D eigenvalue weighted by Crippen LogP contribution is 2.21. The van der Waals surface area contributed by atoms with Gasteiger partial charge < -0.3 is 10.6 Å². The molecule has 1 amide bonds. The number of benzene rings is 1. The van der Waals surface area contributed by atoms with Gasteiger partial charge in [-0.25, -0.2) is 0 Å². The van der Waals surface area contributed by atoms with E-state index in [1.807, 2.05) is 39.0 Å². The molecule has 0 fully saturated rings. The molecule has 0 heterocycles. The summed E-state index contributed by atoms with van der Waals surface area (Å²) in [7, 11) is 0. The Balaban J connectivity index is 2.43. The lowest BCUT2D eigenvalue weighted by Gasteiger charge is -2.26. The highest BCUT2D eigenvalue weighted by molar-refractivity contribution is 5.78. The second-order valence-electron chi connectivity index (χ2n) is 6.65. The summed E-state index contributed by atoms with van der Waals surface area (Å²) in [5.41, 5.74) is 1.12. The lowest BCUT2D eigenvalue weighted by molar-refractivity contribution is -0.121. The maximum atomic E-state index is 11.7. The molecule has 0 saturated heterocycles. The summed E-state index contributed by atoms with van der Waals surface area (Å²) in [5, 5.41) is 6.18. The molecule has 0 spiro atoms. The number of hydrogen-bond donors (Lipinski definition) is 2. The van der Waals surface area contributed by atoms with Crippen molar-refractivity contribution < 1.29 is 4.79 Å². The third-order valence-electron chi connectivity index (χ3n) is 2.92. The van der Waals surface area contributed by atoms with Crippen LogP contribution in [0.15, 0.2) is 30.3 Å². The van der Waals surface area contributed by atoms with Crippen LogP contribution in [0.2, 0.25) is 0 Å². The Morgan fingerprint density at radius 1 is 1.05 bits per heavy atom. The van der Waals surface area contributed by atoms with Gasteiger partial charge in [0.1, 0.15) is 0 Å². The molecular weight excluding hydrogens is 236 g/mol. The maximum Gasteiger partial charge on any atom is 0.234 e. The summed E-state index contributed by atoms with van der Waals surface area (Å²) in [5.74, 6) is 0.0383. The van der Waals surface area contributed by atoms with Crippen molar-refractivity contribution in [3.63, 3.8) is 0 Å². The first-order valence-corrected chi connectivity index (χ1v) is 6.78. The van der Waals surface area contributed by atoms with Crippen molar-refractivity contribution in [3.05, 3.63) is 35.9 Å². The fourth-order valence-corrected chi connectivity index (χ4v) is 1.94. The Morgan fingerprint density at radius 3 is 2.16 bits per heavy atom. The van der Waals surface area contributed by atoms with Gasteiger partial charge in [0, 0.05) is 17.5 Å². The summed E-state index contributed by atoms with van der Waals surface area (Å²) < 4.78 is 0. The Labute approximate surface area is 116 Å². The highest BCUT2D eigenvalue weighted by Gasteiger charge is 2.20.